The van der Waals surface area contributed by atoms with Crippen LogP contribution < -0.4 is 20.9 Å². The lowest BCUT2D eigenvalue weighted by Gasteiger charge is -2.35. The van der Waals surface area contributed by atoms with Gasteiger partial charge in [0.25, 0.3) is 0 Å². The predicted molar refractivity (Wildman–Crippen MR) is 290 cm³/mol. The maximum absolute atomic E-state index is 14.1. The van der Waals surface area contributed by atoms with Gasteiger partial charge in [-0.3, -0.25) is 28.8 Å². The van der Waals surface area contributed by atoms with Crippen LogP contribution in [0.15, 0.2) is 72.2 Å². The molecule has 15 nitrogen and oxygen atoms in total. The average Bonchev–Trinajstić information content (AvgIpc) is 3.98. The first-order valence-corrected chi connectivity index (χ1v) is 27.3. The number of hydrogen-bond acceptors (Lipinski definition) is 10. The van der Waals surface area contributed by atoms with Crippen LogP contribution in [-0.2, 0) is 35.3 Å². The van der Waals surface area contributed by atoms with Crippen molar-refractivity contribution in [1.29, 1.82) is 0 Å². The molecule has 0 bridgehead atoms. The minimum Gasteiger partial charge on any atom is -0.391 e. The second-order valence-corrected chi connectivity index (χ2v) is 23.6. The van der Waals surface area contributed by atoms with Gasteiger partial charge in [0.2, 0.25) is 35.4 Å². The number of anilines is 1. The van der Waals surface area contributed by atoms with Crippen LogP contribution in [0.5, 0.6) is 0 Å². The zero-order valence-electron chi connectivity index (χ0n) is 43.7. The van der Waals surface area contributed by atoms with Crippen LogP contribution in [0, 0.1) is 23.7 Å². The maximum atomic E-state index is 14.1. The van der Waals surface area contributed by atoms with E-state index in [0.717, 1.165) is 21.7 Å². The van der Waals surface area contributed by atoms with Crippen LogP contribution in [0.3, 0.4) is 0 Å². The van der Waals surface area contributed by atoms with E-state index in [0.29, 0.717) is 85.1 Å². The van der Waals surface area contributed by atoms with Gasteiger partial charge < -0.3 is 40.9 Å². The molecule has 6 amide bonds. The largest absolute Gasteiger partial charge is 0.391 e. The Morgan fingerprint density at radius 1 is 0.851 bits per heavy atom. The molecular formula is C56H73Cl2N7O8S. The van der Waals surface area contributed by atoms with Gasteiger partial charge in [0, 0.05) is 97.7 Å². The molecule has 3 aromatic carbocycles. The van der Waals surface area contributed by atoms with Gasteiger partial charge in [0.05, 0.1) is 22.2 Å². The van der Waals surface area contributed by atoms with Crippen LogP contribution in [0.1, 0.15) is 128 Å². The Balaban J connectivity index is 0.903. The van der Waals surface area contributed by atoms with E-state index in [1.165, 1.54) is 4.90 Å². The number of benzene rings is 3. The van der Waals surface area contributed by atoms with Crippen molar-refractivity contribution in [2.75, 3.05) is 37.6 Å². The highest BCUT2D eigenvalue weighted by molar-refractivity contribution is 7.13. The maximum Gasteiger partial charge on any atom is 0.246 e. The molecule has 2 saturated heterocycles. The summed E-state index contributed by atoms with van der Waals surface area (Å²) in [7, 11) is 0. The van der Waals surface area contributed by atoms with E-state index in [-0.39, 0.29) is 79.6 Å². The third-order valence-electron chi connectivity index (χ3n) is 13.6. The van der Waals surface area contributed by atoms with Crippen molar-refractivity contribution < 1.29 is 39.0 Å². The summed E-state index contributed by atoms with van der Waals surface area (Å²) < 4.78 is 0. The fourth-order valence-electron chi connectivity index (χ4n) is 9.49. The third-order valence-corrected chi connectivity index (χ3v) is 15.1. The van der Waals surface area contributed by atoms with Crippen molar-refractivity contribution in [3.8, 4) is 10.4 Å². The normalized spacial score (nSPS) is 17.1. The van der Waals surface area contributed by atoms with E-state index >= 15 is 0 Å². The molecule has 0 aliphatic carbocycles. The number of rotatable bonds is 20. The quantitative estimate of drug-likeness (QED) is 0.0539. The first-order chi connectivity index (χ1) is 35.0. The molecule has 18 heteroatoms. The molecule has 4 atom stereocenters. The van der Waals surface area contributed by atoms with Crippen molar-refractivity contribution >= 4 is 75.7 Å². The zero-order chi connectivity index (χ0) is 53.9. The minimum atomic E-state index is -1.16. The van der Waals surface area contributed by atoms with Gasteiger partial charge in [0.15, 0.2) is 0 Å². The van der Waals surface area contributed by atoms with Crippen molar-refractivity contribution in [3.05, 3.63) is 105 Å². The first-order valence-electron chi connectivity index (χ1n) is 25.6. The molecule has 5 N–H and O–H groups in total. The summed E-state index contributed by atoms with van der Waals surface area (Å²) in [4.78, 5) is 91.5. The highest BCUT2D eigenvalue weighted by Gasteiger charge is 2.44. The number of carbonyl (C=O) groups is 6. The van der Waals surface area contributed by atoms with E-state index in [2.05, 4.69) is 20.9 Å². The van der Waals surface area contributed by atoms with Crippen LogP contribution >= 0.6 is 34.5 Å². The molecule has 2 fully saturated rings. The molecule has 0 saturated carbocycles. The highest BCUT2D eigenvalue weighted by atomic mass is 35.5. The summed E-state index contributed by atoms with van der Waals surface area (Å²) in [5, 5.41) is 31.7. The van der Waals surface area contributed by atoms with Crippen LogP contribution in [0.4, 0.5) is 5.69 Å². The lowest BCUT2D eigenvalue weighted by atomic mass is 9.85. The minimum absolute atomic E-state index is 0.00844. The van der Waals surface area contributed by atoms with E-state index in [9.17, 15) is 39.0 Å². The number of likely N-dealkylation sites (tertiary alicyclic amines) is 2. The molecule has 2 aliphatic rings. The molecule has 1 aromatic heterocycles. The number of aryl methyl sites for hydroxylation is 1. The molecule has 6 rings (SSSR count). The van der Waals surface area contributed by atoms with Crippen LogP contribution in [0.25, 0.3) is 10.4 Å². The summed E-state index contributed by atoms with van der Waals surface area (Å²) in [6, 6.07) is 18.0. The SMILES string of the molecule is Cc1ncsc1-c1ccc(CNC(=O)[C@@H]2C[C@@H](O)CN2C(=O)[C@@H](NC(=O)CCCCCNC(=O)C2CCN(C(=O)CCC(=O)N(CC(C)(C)C)c3ccc(Cl)cc3C(O)c3ccccc3Cl)CC2)C(C)(C)C)cc1. The number of aliphatic hydroxyl groups is 2. The van der Waals surface area contributed by atoms with Crippen molar-refractivity contribution in [2.45, 2.75) is 137 Å². The second kappa shape index (κ2) is 25.9. The Morgan fingerprint density at radius 2 is 1.55 bits per heavy atom. The van der Waals surface area contributed by atoms with Gasteiger partial charge in [-0.2, -0.15) is 0 Å². The third kappa shape index (κ3) is 15.8. The summed E-state index contributed by atoms with van der Waals surface area (Å²) in [6.45, 7) is 15.3. The number of unbranched alkanes of at least 4 members (excludes halogenated alkanes) is 2. The Bertz CT molecular complexity index is 2610. The molecule has 2 aliphatic heterocycles. The van der Waals surface area contributed by atoms with Gasteiger partial charge in [-0.1, -0.05) is 114 Å². The van der Waals surface area contributed by atoms with Gasteiger partial charge in [-0.15, -0.1) is 11.3 Å². The van der Waals surface area contributed by atoms with Crippen LogP contribution in [-0.4, -0.2) is 111 Å². The topological polar surface area (TPSA) is 202 Å². The van der Waals surface area contributed by atoms with Crippen molar-refractivity contribution in [3.63, 3.8) is 0 Å². The van der Waals surface area contributed by atoms with E-state index in [1.54, 1.807) is 63.6 Å². The standard InChI is InChI=1S/C56H73Cl2N7O8S/c1-35-50(74-34-61-35)37-18-16-36(17-19-37)31-60-53(72)45-30-40(66)32-64(45)54(73)51(56(5,6)7)62-46(67)15-9-8-12-26-59-52(71)38-24-27-63(28-25-38)47(68)22-23-48(69)65(33-55(2,3)4)44-21-20-39(57)29-42(44)49(70)41-13-10-11-14-43(41)58/h10-11,13-14,16-21,29,34,38,40,45,49,51,66,70H,8-9,12,15,22-28,30-33H2,1-7H3,(H,59,71)(H,60,72)(H,62,67)/t40-,45+,49?,51-/m1/s1. The number of halogens is 2. The number of piperidine rings is 1. The predicted octanol–water partition coefficient (Wildman–Crippen LogP) is 8.39. The number of hydrogen-bond donors (Lipinski definition) is 5. The zero-order valence-corrected chi connectivity index (χ0v) is 46.0. The van der Waals surface area contributed by atoms with Crippen molar-refractivity contribution in [2.24, 2.45) is 16.7 Å². The summed E-state index contributed by atoms with van der Waals surface area (Å²) in [6.07, 6.45) is 1.01. The number of carbonyl (C=O) groups excluding carboxylic acids is 6. The van der Waals surface area contributed by atoms with Gasteiger partial charge in [-0.25, -0.2) is 4.98 Å². The van der Waals surface area contributed by atoms with Gasteiger partial charge in [-0.05, 0) is 78.8 Å². The van der Waals surface area contributed by atoms with E-state index in [1.807, 2.05) is 78.2 Å². The fourth-order valence-corrected chi connectivity index (χ4v) is 10.7. The van der Waals surface area contributed by atoms with Gasteiger partial charge in [0.1, 0.15) is 18.2 Å². The fraction of sp³-hybridized carbons (Fsp3) is 0.518. The molecule has 0 spiro atoms. The molecular weight excluding hydrogens is 1000 g/mol. The number of nitrogens with zero attached hydrogens (tertiary/aromatic N) is 4. The Hall–Kier alpha value is -5.39. The second-order valence-electron chi connectivity index (χ2n) is 21.9. The monoisotopic (exact) mass is 1070 g/mol. The number of thiazole rings is 1. The average molecular weight is 1080 g/mol. The molecule has 4 aromatic rings. The summed E-state index contributed by atoms with van der Waals surface area (Å²) >= 11 is 14.4. The molecule has 1 unspecified atom stereocenters. The Kier molecular flexibility index (Phi) is 20.3. The molecule has 74 heavy (non-hydrogen) atoms. The number of β-amino-alcohol motifs (C(OH)–C–C–N with tert-alkyl or cyclic N) is 1. The van der Waals surface area contributed by atoms with Crippen molar-refractivity contribution in [1.82, 2.24) is 30.7 Å². The lowest BCUT2D eigenvalue weighted by Crippen LogP contribution is -2.57. The molecule has 3 heterocycles. The van der Waals surface area contributed by atoms with E-state index in [4.69, 9.17) is 23.2 Å². The Morgan fingerprint density at radius 3 is 2.20 bits per heavy atom. The first kappa shape index (κ1) is 57.9. The molecule has 0 radical (unpaired) electrons. The van der Waals surface area contributed by atoms with E-state index < -0.39 is 35.6 Å². The van der Waals surface area contributed by atoms with Gasteiger partial charge >= 0.3 is 0 Å². The number of aliphatic hydroxyl groups excluding tert-OH is 2. The number of aromatic nitrogens is 1. The summed E-state index contributed by atoms with van der Waals surface area (Å²) in [5.74, 6) is -1.86. The molecule has 400 valence electrons. The number of amides is 6. The summed E-state index contributed by atoms with van der Waals surface area (Å²) in [5.41, 5.74) is 5.08. The highest BCUT2D eigenvalue weighted by Crippen LogP contribution is 2.38. The smallest absolute Gasteiger partial charge is 0.246 e. The van der Waals surface area contributed by atoms with Crippen LogP contribution in [0.2, 0.25) is 10.0 Å². The Labute approximate surface area is 449 Å². The number of nitrogens with one attached hydrogen (secondary N) is 3. The lowest BCUT2D eigenvalue weighted by molar-refractivity contribution is -0.144.